The van der Waals surface area contributed by atoms with E-state index in [9.17, 15) is 0 Å². The first-order chi connectivity index (χ1) is 7.85. The van der Waals surface area contributed by atoms with E-state index in [1.165, 1.54) is 0 Å². The van der Waals surface area contributed by atoms with Gasteiger partial charge in [0.2, 0.25) is 0 Å². The summed E-state index contributed by atoms with van der Waals surface area (Å²) in [4.78, 5) is 8.40. The highest BCUT2D eigenvalue weighted by molar-refractivity contribution is 5.44. The van der Waals surface area contributed by atoms with E-state index in [0.29, 0.717) is 5.82 Å². The molecule has 84 valence electrons. The molecule has 0 aliphatic carbocycles. The number of rotatable bonds is 4. The van der Waals surface area contributed by atoms with Gasteiger partial charge in [0.15, 0.2) is 0 Å². The maximum absolute atomic E-state index is 5.33. The number of imidazole rings is 1. The van der Waals surface area contributed by atoms with Gasteiger partial charge in [-0.25, -0.2) is 15.8 Å². The van der Waals surface area contributed by atoms with Crippen molar-refractivity contribution >= 4 is 5.82 Å². The fraction of sp³-hybridized carbons (Fsp3) is 0.273. The fourth-order valence-electron chi connectivity index (χ4n) is 1.63. The number of hydrogen-bond acceptors (Lipinski definition) is 4. The molecule has 5 heteroatoms. The van der Waals surface area contributed by atoms with Crippen molar-refractivity contribution in [2.45, 2.75) is 19.8 Å². The minimum absolute atomic E-state index is 0.647. The standard InChI is InChI=1S/C11H15N5/c1-2-3-11-14-6-7-16(11)9-4-5-13-10(8-9)15-12/h4-8H,2-3,12H2,1H3,(H,13,15). The second-order valence-corrected chi connectivity index (χ2v) is 3.51. The van der Waals surface area contributed by atoms with E-state index in [0.717, 1.165) is 24.4 Å². The van der Waals surface area contributed by atoms with Crippen molar-refractivity contribution in [2.75, 3.05) is 5.43 Å². The van der Waals surface area contributed by atoms with Crippen molar-refractivity contribution in [3.63, 3.8) is 0 Å². The van der Waals surface area contributed by atoms with Gasteiger partial charge in [0.25, 0.3) is 0 Å². The summed E-state index contributed by atoms with van der Waals surface area (Å²) in [7, 11) is 0. The topological polar surface area (TPSA) is 68.8 Å². The van der Waals surface area contributed by atoms with E-state index >= 15 is 0 Å². The van der Waals surface area contributed by atoms with Gasteiger partial charge in [0.1, 0.15) is 11.6 Å². The molecule has 0 unspecified atom stereocenters. The number of hydrazine groups is 1. The minimum Gasteiger partial charge on any atom is -0.308 e. The molecule has 0 bridgehead atoms. The second kappa shape index (κ2) is 4.76. The molecule has 0 radical (unpaired) electrons. The molecule has 0 aromatic carbocycles. The Bertz CT molecular complexity index is 463. The normalized spacial score (nSPS) is 10.4. The van der Waals surface area contributed by atoms with Crippen LogP contribution in [-0.2, 0) is 6.42 Å². The number of nitrogens with one attached hydrogen (secondary N) is 1. The summed E-state index contributed by atoms with van der Waals surface area (Å²) in [6.07, 6.45) is 7.51. The lowest BCUT2D eigenvalue weighted by atomic mass is 10.3. The SMILES string of the molecule is CCCc1nccn1-c1ccnc(NN)c1. The molecule has 2 heterocycles. The van der Waals surface area contributed by atoms with Gasteiger partial charge in [-0.15, -0.1) is 0 Å². The van der Waals surface area contributed by atoms with Crippen LogP contribution in [0.15, 0.2) is 30.7 Å². The van der Waals surface area contributed by atoms with Gasteiger partial charge in [-0.05, 0) is 12.5 Å². The van der Waals surface area contributed by atoms with Gasteiger partial charge in [-0.1, -0.05) is 6.92 Å². The number of aryl methyl sites for hydroxylation is 1. The summed E-state index contributed by atoms with van der Waals surface area (Å²) in [5.41, 5.74) is 3.55. The summed E-state index contributed by atoms with van der Waals surface area (Å²) < 4.78 is 2.05. The third-order valence-corrected chi connectivity index (χ3v) is 2.36. The molecule has 0 fully saturated rings. The highest BCUT2D eigenvalue weighted by Gasteiger charge is 2.04. The third kappa shape index (κ3) is 2.04. The number of nitrogen functional groups attached to an aromatic ring is 1. The summed E-state index contributed by atoms with van der Waals surface area (Å²) >= 11 is 0. The number of hydrogen-bond donors (Lipinski definition) is 2. The summed E-state index contributed by atoms with van der Waals surface area (Å²) in [6.45, 7) is 2.14. The molecule has 2 aromatic heterocycles. The number of aromatic nitrogens is 3. The first-order valence-corrected chi connectivity index (χ1v) is 5.30. The molecule has 0 atom stereocenters. The number of nitrogens with two attached hydrogens (primary N) is 1. The lowest BCUT2D eigenvalue weighted by molar-refractivity contribution is 0.808. The van der Waals surface area contributed by atoms with Crippen molar-refractivity contribution in [2.24, 2.45) is 5.84 Å². The fourth-order valence-corrected chi connectivity index (χ4v) is 1.63. The Balaban J connectivity index is 2.37. The van der Waals surface area contributed by atoms with E-state index < -0.39 is 0 Å². The van der Waals surface area contributed by atoms with Crippen LogP contribution >= 0.6 is 0 Å². The number of pyridine rings is 1. The molecule has 5 nitrogen and oxygen atoms in total. The predicted octanol–water partition coefficient (Wildman–Crippen LogP) is 1.51. The van der Waals surface area contributed by atoms with Gasteiger partial charge >= 0.3 is 0 Å². The largest absolute Gasteiger partial charge is 0.308 e. The molecule has 16 heavy (non-hydrogen) atoms. The second-order valence-electron chi connectivity index (χ2n) is 3.51. The zero-order valence-corrected chi connectivity index (χ0v) is 9.22. The van der Waals surface area contributed by atoms with Gasteiger partial charge < -0.3 is 9.99 Å². The molecule has 2 aromatic rings. The smallest absolute Gasteiger partial charge is 0.141 e. The van der Waals surface area contributed by atoms with E-state index in [2.05, 4.69) is 22.3 Å². The van der Waals surface area contributed by atoms with Crippen LogP contribution in [0.25, 0.3) is 5.69 Å². The van der Waals surface area contributed by atoms with Crippen LogP contribution in [0.3, 0.4) is 0 Å². The average molecular weight is 217 g/mol. The molecule has 0 spiro atoms. The molecule has 0 aliphatic rings. The molecule has 3 N–H and O–H groups in total. The van der Waals surface area contributed by atoms with Crippen LogP contribution < -0.4 is 11.3 Å². The van der Waals surface area contributed by atoms with E-state index in [1.54, 1.807) is 12.4 Å². The van der Waals surface area contributed by atoms with Crippen molar-refractivity contribution in [3.05, 3.63) is 36.5 Å². The number of anilines is 1. The molecular formula is C11H15N5. The third-order valence-electron chi connectivity index (χ3n) is 2.36. The Morgan fingerprint density at radius 3 is 3.00 bits per heavy atom. The zero-order valence-electron chi connectivity index (χ0n) is 9.22. The minimum atomic E-state index is 0.647. The Labute approximate surface area is 94.3 Å². The average Bonchev–Trinajstić information content (AvgIpc) is 2.78. The summed E-state index contributed by atoms with van der Waals surface area (Å²) in [5, 5.41) is 0. The van der Waals surface area contributed by atoms with Gasteiger partial charge in [0, 0.05) is 31.1 Å². The van der Waals surface area contributed by atoms with Gasteiger partial charge in [0.05, 0.1) is 5.69 Å². The molecule has 0 saturated heterocycles. The highest BCUT2D eigenvalue weighted by atomic mass is 15.2. The Hall–Kier alpha value is -1.88. The van der Waals surface area contributed by atoms with Crippen LogP contribution in [0.5, 0.6) is 0 Å². The lowest BCUT2D eigenvalue weighted by Crippen LogP contribution is -2.09. The molecular weight excluding hydrogens is 202 g/mol. The number of nitrogens with zero attached hydrogens (tertiary/aromatic N) is 3. The van der Waals surface area contributed by atoms with Crippen molar-refractivity contribution in [3.8, 4) is 5.69 Å². The molecule has 0 aliphatic heterocycles. The van der Waals surface area contributed by atoms with Crippen LogP contribution in [-0.4, -0.2) is 14.5 Å². The highest BCUT2D eigenvalue weighted by Crippen LogP contribution is 2.14. The zero-order chi connectivity index (χ0) is 11.4. The Kier molecular flexibility index (Phi) is 3.16. The maximum atomic E-state index is 5.33. The van der Waals surface area contributed by atoms with Gasteiger partial charge in [-0.2, -0.15) is 0 Å². The lowest BCUT2D eigenvalue weighted by Gasteiger charge is -2.08. The molecule has 0 amide bonds. The van der Waals surface area contributed by atoms with E-state index in [4.69, 9.17) is 5.84 Å². The predicted molar refractivity (Wildman–Crippen MR) is 63.2 cm³/mol. The maximum Gasteiger partial charge on any atom is 0.141 e. The molecule has 0 saturated carbocycles. The quantitative estimate of drug-likeness (QED) is 0.601. The summed E-state index contributed by atoms with van der Waals surface area (Å²) in [6, 6.07) is 3.82. The van der Waals surface area contributed by atoms with Crippen molar-refractivity contribution in [1.29, 1.82) is 0 Å². The van der Waals surface area contributed by atoms with Crippen molar-refractivity contribution < 1.29 is 0 Å². The van der Waals surface area contributed by atoms with E-state index in [1.807, 2.05) is 22.9 Å². The summed E-state index contributed by atoms with van der Waals surface area (Å²) in [5.74, 6) is 7.03. The van der Waals surface area contributed by atoms with Crippen LogP contribution in [0.2, 0.25) is 0 Å². The monoisotopic (exact) mass is 217 g/mol. The molecule has 2 rings (SSSR count). The van der Waals surface area contributed by atoms with E-state index in [-0.39, 0.29) is 0 Å². The van der Waals surface area contributed by atoms with Crippen LogP contribution in [0, 0.1) is 0 Å². The van der Waals surface area contributed by atoms with Crippen LogP contribution in [0.4, 0.5) is 5.82 Å². The first-order valence-electron chi connectivity index (χ1n) is 5.30. The van der Waals surface area contributed by atoms with Crippen molar-refractivity contribution in [1.82, 2.24) is 14.5 Å². The van der Waals surface area contributed by atoms with Crippen LogP contribution in [0.1, 0.15) is 19.2 Å². The Morgan fingerprint density at radius 1 is 1.38 bits per heavy atom. The Morgan fingerprint density at radius 2 is 2.25 bits per heavy atom. The first kappa shape index (κ1) is 10.6. The van der Waals surface area contributed by atoms with Gasteiger partial charge in [-0.3, -0.25) is 0 Å².